The second-order valence-electron chi connectivity index (χ2n) is 3.70. The summed E-state index contributed by atoms with van der Waals surface area (Å²) in [5.74, 6) is -0.392. The van der Waals surface area contributed by atoms with Crippen molar-refractivity contribution in [2.45, 2.75) is 13.3 Å². The molecule has 0 aliphatic rings. The molecule has 0 aliphatic carbocycles. The normalized spacial score (nSPS) is 10.3. The third-order valence-electron chi connectivity index (χ3n) is 2.47. The maximum absolute atomic E-state index is 13.9. The fourth-order valence-electron chi connectivity index (χ4n) is 1.49. The molecule has 1 heterocycles. The third-order valence-corrected chi connectivity index (χ3v) is 3.20. The topological polar surface area (TPSA) is 52.1 Å². The van der Waals surface area contributed by atoms with Gasteiger partial charge in [-0.25, -0.2) is 4.98 Å². The number of aryl methyl sites for hydroxylation is 1. The minimum atomic E-state index is -0.583. The number of rotatable bonds is 4. The minimum absolute atomic E-state index is 0.147. The molecule has 0 N–H and O–H groups in total. The number of hydrogen-bond acceptors (Lipinski definition) is 4. The van der Waals surface area contributed by atoms with Gasteiger partial charge in [0.15, 0.2) is 6.29 Å². The predicted octanol–water partition coefficient (Wildman–Crippen LogP) is 3.55. The van der Waals surface area contributed by atoms with E-state index in [9.17, 15) is 9.18 Å². The van der Waals surface area contributed by atoms with Gasteiger partial charge in [-0.1, -0.05) is 22.9 Å². The van der Waals surface area contributed by atoms with E-state index >= 15 is 0 Å². The van der Waals surface area contributed by atoms with E-state index in [2.05, 4.69) is 25.9 Å². The highest BCUT2D eigenvalue weighted by Gasteiger charge is 2.12. The van der Waals surface area contributed by atoms with Gasteiger partial charge in [-0.2, -0.15) is 9.37 Å². The Morgan fingerprint density at radius 2 is 2.21 bits per heavy atom. The number of carbonyl (C=O) groups is 1. The Morgan fingerprint density at radius 3 is 2.89 bits per heavy atom. The lowest BCUT2D eigenvalue weighted by Crippen LogP contribution is -1.99. The molecule has 0 spiro atoms. The maximum Gasteiger partial charge on any atom is 0.259 e. The summed E-state index contributed by atoms with van der Waals surface area (Å²) >= 11 is 3.23. The van der Waals surface area contributed by atoms with Crippen LogP contribution in [0.15, 0.2) is 29.0 Å². The molecule has 0 aliphatic heterocycles. The van der Waals surface area contributed by atoms with Gasteiger partial charge >= 0.3 is 0 Å². The first-order valence-corrected chi connectivity index (χ1v) is 6.37. The molecular weight excluding hydrogens is 315 g/mol. The van der Waals surface area contributed by atoms with Crippen LogP contribution >= 0.6 is 15.9 Å². The van der Waals surface area contributed by atoms with Crippen molar-refractivity contribution in [1.29, 1.82) is 0 Å². The van der Waals surface area contributed by atoms with E-state index in [1.54, 1.807) is 19.1 Å². The van der Waals surface area contributed by atoms with Crippen LogP contribution < -0.4 is 4.74 Å². The van der Waals surface area contributed by atoms with E-state index in [-0.39, 0.29) is 11.6 Å². The molecule has 0 saturated carbocycles. The van der Waals surface area contributed by atoms with Gasteiger partial charge in [0.1, 0.15) is 12.1 Å². The number of aromatic nitrogens is 2. The van der Waals surface area contributed by atoms with Crippen LogP contribution in [0.5, 0.6) is 11.6 Å². The van der Waals surface area contributed by atoms with E-state index in [0.29, 0.717) is 28.5 Å². The van der Waals surface area contributed by atoms with Crippen molar-refractivity contribution in [3.05, 3.63) is 46.1 Å². The molecule has 98 valence electrons. The van der Waals surface area contributed by atoms with Crippen LogP contribution in [0.1, 0.15) is 23.0 Å². The summed E-state index contributed by atoms with van der Waals surface area (Å²) in [6, 6.07) is 4.77. The number of aldehydes is 1. The first-order chi connectivity index (χ1) is 9.15. The zero-order valence-electron chi connectivity index (χ0n) is 10.1. The highest BCUT2D eigenvalue weighted by atomic mass is 79.9. The van der Waals surface area contributed by atoms with Crippen molar-refractivity contribution in [1.82, 2.24) is 9.97 Å². The SMILES string of the molecule is CCc1ncnc(Oc2ccc(Br)c(C=O)c2)c1F. The van der Waals surface area contributed by atoms with E-state index in [1.165, 1.54) is 12.4 Å². The second kappa shape index (κ2) is 5.88. The Labute approximate surface area is 117 Å². The van der Waals surface area contributed by atoms with Crippen LogP contribution in [-0.2, 0) is 6.42 Å². The van der Waals surface area contributed by atoms with E-state index in [4.69, 9.17) is 4.74 Å². The third kappa shape index (κ3) is 2.96. The first-order valence-electron chi connectivity index (χ1n) is 5.57. The summed E-state index contributed by atoms with van der Waals surface area (Å²) in [7, 11) is 0. The number of nitrogens with zero attached hydrogens (tertiary/aromatic N) is 2. The number of hydrogen-bond donors (Lipinski definition) is 0. The fraction of sp³-hybridized carbons (Fsp3) is 0.154. The zero-order valence-corrected chi connectivity index (χ0v) is 11.6. The van der Waals surface area contributed by atoms with Crippen molar-refractivity contribution in [2.24, 2.45) is 0 Å². The Kier molecular flexibility index (Phi) is 4.21. The summed E-state index contributed by atoms with van der Waals surface area (Å²) in [4.78, 5) is 18.4. The van der Waals surface area contributed by atoms with Gasteiger partial charge in [0, 0.05) is 10.0 Å². The van der Waals surface area contributed by atoms with Gasteiger partial charge in [0.2, 0.25) is 5.82 Å². The summed E-state index contributed by atoms with van der Waals surface area (Å²) in [6.07, 6.45) is 2.38. The molecule has 6 heteroatoms. The lowest BCUT2D eigenvalue weighted by atomic mass is 10.2. The van der Waals surface area contributed by atoms with Crippen LogP contribution in [0.2, 0.25) is 0 Å². The predicted molar refractivity (Wildman–Crippen MR) is 71.0 cm³/mol. The van der Waals surface area contributed by atoms with Gasteiger partial charge in [-0.05, 0) is 24.6 Å². The molecule has 1 aromatic heterocycles. The maximum atomic E-state index is 13.9. The molecule has 2 rings (SSSR count). The average molecular weight is 325 g/mol. The Morgan fingerprint density at radius 1 is 1.42 bits per heavy atom. The number of benzene rings is 1. The van der Waals surface area contributed by atoms with Crippen LogP contribution in [0, 0.1) is 5.82 Å². The molecular formula is C13H10BrFN2O2. The molecule has 4 nitrogen and oxygen atoms in total. The van der Waals surface area contributed by atoms with Crippen LogP contribution in [-0.4, -0.2) is 16.3 Å². The Balaban J connectivity index is 2.33. The van der Waals surface area contributed by atoms with E-state index < -0.39 is 5.82 Å². The molecule has 0 radical (unpaired) electrons. The number of ether oxygens (including phenoxy) is 1. The van der Waals surface area contributed by atoms with Crippen molar-refractivity contribution in [3.63, 3.8) is 0 Å². The molecule has 19 heavy (non-hydrogen) atoms. The molecule has 0 atom stereocenters. The summed E-state index contributed by atoms with van der Waals surface area (Å²) in [5, 5.41) is 0. The van der Waals surface area contributed by atoms with Crippen LogP contribution in [0.25, 0.3) is 0 Å². The van der Waals surface area contributed by atoms with Crippen molar-refractivity contribution in [3.8, 4) is 11.6 Å². The largest absolute Gasteiger partial charge is 0.436 e. The summed E-state index contributed by atoms with van der Waals surface area (Å²) in [5.41, 5.74) is 0.709. The lowest BCUT2D eigenvalue weighted by molar-refractivity contribution is 0.112. The Hall–Kier alpha value is -1.82. The lowest BCUT2D eigenvalue weighted by Gasteiger charge is -2.08. The van der Waals surface area contributed by atoms with Crippen molar-refractivity contribution < 1.29 is 13.9 Å². The van der Waals surface area contributed by atoms with E-state index in [1.807, 2.05) is 0 Å². The van der Waals surface area contributed by atoms with E-state index in [0.717, 1.165) is 0 Å². The smallest absolute Gasteiger partial charge is 0.259 e. The quantitative estimate of drug-likeness (QED) is 0.807. The van der Waals surface area contributed by atoms with Crippen LogP contribution in [0.3, 0.4) is 0 Å². The highest BCUT2D eigenvalue weighted by molar-refractivity contribution is 9.10. The molecule has 0 amide bonds. The minimum Gasteiger partial charge on any atom is -0.436 e. The second-order valence-corrected chi connectivity index (χ2v) is 4.55. The average Bonchev–Trinajstić information content (AvgIpc) is 2.43. The Bertz CT molecular complexity index is 620. The van der Waals surface area contributed by atoms with Gasteiger partial charge in [0.25, 0.3) is 5.88 Å². The summed E-state index contributed by atoms with van der Waals surface area (Å²) < 4.78 is 19.9. The monoisotopic (exact) mass is 324 g/mol. The molecule has 0 fully saturated rings. The van der Waals surface area contributed by atoms with Gasteiger partial charge in [-0.3, -0.25) is 4.79 Å². The van der Waals surface area contributed by atoms with Gasteiger partial charge < -0.3 is 4.74 Å². The summed E-state index contributed by atoms with van der Waals surface area (Å²) in [6.45, 7) is 1.79. The molecule has 1 aromatic carbocycles. The van der Waals surface area contributed by atoms with Crippen molar-refractivity contribution in [2.75, 3.05) is 0 Å². The zero-order chi connectivity index (χ0) is 13.8. The first kappa shape index (κ1) is 13.6. The molecule has 0 unspecified atom stereocenters. The standard InChI is InChI=1S/C13H10BrFN2O2/c1-2-11-12(15)13(17-7-16-11)19-9-3-4-10(14)8(5-9)6-18/h3-7H,2H2,1H3. The van der Waals surface area contributed by atoms with Gasteiger partial charge in [0.05, 0.1) is 5.69 Å². The molecule has 0 bridgehead atoms. The van der Waals surface area contributed by atoms with Crippen molar-refractivity contribution >= 4 is 22.2 Å². The molecule has 2 aromatic rings. The number of carbonyl (C=O) groups excluding carboxylic acids is 1. The fourth-order valence-corrected chi connectivity index (χ4v) is 1.83. The molecule has 0 saturated heterocycles. The van der Waals surface area contributed by atoms with Crippen LogP contribution in [0.4, 0.5) is 4.39 Å². The van der Waals surface area contributed by atoms with Gasteiger partial charge in [-0.15, -0.1) is 0 Å². The number of halogens is 2. The highest BCUT2D eigenvalue weighted by Crippen LogP contribution is 2.26.